The average molecular weight is 429 g/mol. The first-order chi connectivity index (χ1) is 15.5. The molecule has 0 spiro atoms. The van der Waals surface area contributed by atoms with Crippen LogP contribution in [0, 0.1) is 0 Å². The molecular weight excluding hydrogens is 406 g/mol. The SMILES string of the molecule is CCOc1ccc(N2C(=O)C(=O)/C(=C(\O)c3cccc(OC)c3)C2c2ccccc2)cc1. The first-order valence-corrected chi connectivity index (χ1v) is 10.3. The Bertz CT molecular complexity index is 1170. The van der Waals surface area contributed by atoms with Gasteiger partial charge in [0.15, 0.2) is 0 Å². The molecule has 1 fully saturated rings. The number of carbonyl (C=O) groups excluding carboxylic acids is 2. The van der Waals surface area contributed by atoms with Crippen molar-refractivity contribution < 1.29 is 24.2 Å². The van der Waals surface area contributed by atoms with Gasteiger partial charge in [0.05, 0.1) is 25.3 Å². The maximum Gasteiger partial charge on any atom is 0.300 e. The van der Waals surface area contributed by atoms with Crippen molar-refractivity contribution in [2.75, 3.05) is 18.6 Å². The van der Waals surface area contributed by atoms with Crippen LogP contribution in [-0.2, 0) is 9.59 Å². The van der Waals surface area contributed by atoms with E-state index in [0.29, 0.717) is 34.9 Å². The van der Waals surface area contributed by atoms with E-state index in [2.05, 4.69) is 0 Å². The topological polar surface area (TPSA) is 76.1 Å². The van der Waals surface area contributed by atoms with E-state index < -0.39 is 17.7 Å². The fraction of sp³-hybridized carbons (Fsp3) is 0.154. The smallest absolute Gasteiger partial charge is 0.300 e. The summed E-state index contributed by atoms with van der Waals surface area (Å²) in [5, 5.41) is 11.1. The standard InChI is InChI=1S/C26H23NO5/c1-3-32-20-14-12-19(13-15-20)27-23(17-8-5-4-6-9-17)22(25(29)26(27)30)24(28)18-10-7-11-21(16-18)31-2/h4-16,23,28H,3H2,1-2H3/b24-22-. The zero-order valence-corrected chi connectivity index (χ0v) is 17.8. The molecule has 0 bridgehead atoms. The number of ether oxygens (including phenoxy) is 2. The summed E-state index contributed by atoms with van der Waals surface area (Å²) in [4.78, 5) is 27.7. The number of aliphatic hydroxyl groups excluding tert-OH is 1. The lowest BCUT2D eigenvalue weighted by atomic mass is 9.95. The van der Waals surface area contributed by atoms with Crippen LogP contribution in [0.2, 0.25) is 0 Å². The van der Waals surface area contributed by atoms with Crippen molar-refractivity contribution in [3.05, 3.63) is 95.6 Å². The van der Waals surface area contributed by atoms with Gasteiger partial charge in [0, 0.05) is 11.3 Å². The van der Waals surface area contributed by atoms with Gasteiger partial charge < -0.3 is 14.6 Å². The number of benzene rings is 3. The number of nitrogens with zero attached hydrogens (tertiary/aromatic N) is 1. The van der Waals surface area contributed by atoms with Crippen LogP contribution < -0.4 is 14.4 Å². The molecule has 0 aliphatic carbocycles. The molecule has 3 aromatic carbocycles. The molecule has 6 nitrogen and oxygen atoms in total. The number of amides is 1. The Labute approximate surface area is 186 Å². The number of ketones is 1. The summed E-state index contributed by atoms with van der Waals surface area (Å²) in [6.45, 7) is 2.41. The van der Waals surface area contributed by atoms with Crippen molar-refractivity contribution in [2.45, 2.75) is 13.0 Å². The second kappa shape index (κ2) is 8.98. The lowest BCUT2D eigenvalue weighted by Gasteiger charge is -2.25. The Morgan fingerprint density at radius 1 is 0.938 bits per heavy atom. The van der Waals surface area contributed by atoms with Crippen molar-refractivity contribution >= 4 is 23.1 Å². The molecule has 3 aromatic rings. The van der Waals surface area contributed by atoms with E-state index in [-0.39, 0.29) is 11.3 Å². The summed E-state index contributed by atoms with van der Waals surface area (Å²) in [5.74, 6) is -0.489. The van der Waals surface area contributed by atoms with Gasteiger partial charge in [0.1, 0.15) is 17.3 Å². The third-order valence-corrected chi connectivity index (χ3v) is 5.33. The third kappa shape index (κ3) is 3.83. The summed E-state index contributed by atoms with van der Waals surface area (Å²) < 4.78 is 10.7. The highest BCUT2D eigenvalue weighted by Gasteiger charge is 2.46. The molecule has 0 saturated carbocycles. The van der Waals surface area contributed by atoms with Crippen LogP contribution in [0.15, 0.2) is 84.4 Å². The number of Topliss-reactive ketones (excluding diaryl/α,β-unsaturated/α-hetero) is 1. The highest BCUT2D eigenvalue weighted by Crippen LogP contribution is 2.42. The second-order valence-corrected chi connectivity index (χ2v) is 7.24. The van der Waals surface area contributed by atoms with Crippen molar-refractivity contribution in [3.8, 4) is 11.5 Å². The van der Waals surface area contributed by atoms with Gasteiger partial charge in [-0.2, -0.15) is 0 Å². The molecule has 1 unspecified atom stereocenters. The zero-order valence-electron chi connectivity index (χ0n) is 17.8. The molecule has 0 aromatic heterocycles. The fourth-order valence-electron chi connectivity index (χ4n) is 3.85. The van der Waals surface area contributed by atoms with E-state index in [1.54, 1.807) is 48.5 Å². The molecule has 1 N–H and O–H groups in total. The summed E-state index contributed by atoms with van der Waals surface area (Å²) in [5.41, 5.74) is 1.68. The van der Waals surface area contributed by atoms with Gasteiger partial charge in [-0.15, -0.1) is 0 Å². The highest BCUT2D eigenvalue weighted by molar-refractivity contribution is 6.51. The normalized spacial score (nSPS) is 17.4. The Morgan fingerprint density at radius 2 is 1.66 bits per heavy atom. The van der Waals surface area contributed by atoms with Crippen molar-refractivity contribution in [3.63, 3.8) is 0 Å². The predicted molar refractivity (Wildman–Crippen MR) is 122 cm³/mol. The average Bonchev–Trinajstić information content (AvgIpc) is 3.10. The number of hydrogen-bond acceptors (Lipinski definition) is 5. The molecule has 32 heavy (non-hydrogen) atoms. The summed E-state index contributed by atoms with van der Waals surface area (Å²) in [6.07, 6.45) is 0. The third-order valence-electron chi connectivity index (χ3n) is 5.33. The van der Waals surface area contributed by atoms with E-state index in [9.17, 15) is 14.7 Å². The quantitative estimate of drug-likeness (QED) is 0.349. The minimum absolute atomic E-state index is 0.0309. The monoisotopic (exact) mass is 429 g/mol. The molecule has 6 heteroatoms. The van der Waals surface area contributed by atoms with Gasteiger partial charge in [0.2, 0.25) is 0 Å². The predicted octanol–water partition coefficient (Wildman–Crippen LogP) is 4.72. The molecule has 1 aliphatic rings. The van der Waals surface area contributed by atoms with Gasteiger partial charge in [-0.25, -0.2) is 0 Å². The first-order valence-electron chi connectivity index (χ1n) is 10.3. The van der Waals surface area contributed by atoms with E-state index in [4.69, 9.17) is 9.47 Å². The Kier molecular flexibility index (Phi) is 5.94. The van der Waals surface area contributed by atoms with Gasteiger partial charge in [0.25, 0.3) is 11.7 Å². The van der Waals surface area contributed by atoms with Crippen molar-refractivity contribution in [1.82, 2.24) is 0 Å². The molecule has 4 rings (SSSR count). The Balaban J connectivity index is 1.88. The number of hydrogen-bond donors (Lipinski definition) is 1. The number of carbonyl (C=O) groups is 2. The number of rotatable bonds is 6. The maximum atomic E-state index is 13.1. The second-order valence-electron chi connectivity index (χ2n) is 7.24. The van der Waals surface area contributed by atoms with Gasteiger partial charge in [-0.1, -0.05) is 42.5 Å². The first kappa shape index (κ1) is 21.2. The lowest BCUT2D eigenvalue weighted by molar-refractivity contribution is -0.132. The Morgan fingerprint density at radius 3 is 2.31 bits per heavy atom. The van der Waals surface area contributed by atoms with E-state index in [1.165, 1.54) is 12.0 Å². The van der Waals surface area contributed by atoms with Gasteiger partial charge >= 0.3 is 0 Å². The minimum atomic E-state index is -0.777. The van der Waals surface area contributed by atoms with E-state index in [0.717, 1.165) is 0 Å². The van der Waals surface area contributed by atoms with E-state index >= 15 is 0 Å². The van der Waals surface area contributed by atoms with Crippen LogP contribution in [0.1, 0.15) is 24.1 Å². The van der Waals surface area contributed by atoms with Crippen molar-refractivity contribution in [1.29, 1.82) is 0 Å². The van der Waals surface area contributed by atoms with Crippen molar-refractivity contribution in [2.24, 2.45) is 0 Å². The molecule has 1 atom stereocenters. The van der Waals surface area contributed by atoms with Crippen LogP contribution in [0.3, 0.4) is 0 Å². The fourth-order valence-corrected chi connectivity index (χ4v) is 3.85. The van der Waals surface area contributed by atoms with Crippen LogP contribution >= 0.6 is 0 Å². The van der Waals surface area contributed by atoms with Gasteiger partial charge in [-0.05, 0) is 48.9 Å². The number of methoxy groups -OCH3 is 1. The molecule has 1 aliphatic heterocycles. The van der Waals surface area contributed by atoms with E-state index in [1.807, 2.05) is 37.3 Å². The minimum Gasteiger partial charge on any atom is -0.507 e. The maximum absolute atomic E-state index is 13.1. The highest BCUT2D eigenvalue weighted by atomic mass is 16.5. The molecule has 1 heterocycles. The molecule has 162 valence electrons. The summed E-state index contributed by atoms with van der Waals surface area (Å²) in [7, 11) is 1.52. The summed E-state index contributed by atoms with van der Waals surface area (Å²) >= 11 is 0. The molecular formula is C26H23NO5. The van der Waals surface area contributed by atoms with Crippen LogP contribution in [0.4, 0.5) is 5.69 Å². The van der Waals surface area contributed by atoms with Crippen LogP contribution in [0.5, 0.6) is 11.5 Å². The Hall–Kier alpha value is -4.06. The lowest BCUT2D eigenvalue weighted by Crippen LogP contribution is -2.29. The van der Waals surface area contributed by atoms with Crippen LogP contribution in [0.25, 0.3) is 5.76 Å². The number of anilines is 1. The van der Waals surface area contributed by atoms with Gasteiger partial charge in [-0.3, -0.25) is 14.5 Å². The zero-order chi connectivity index (χ0) is 22.7. The molecule has 1 saturated heterocycles. The van der Waals surface area contributed by atoms with Crippen LogP contribution in [-0.4, -0.2) is 30.5 Å². The molecule has 0 radical (unpaired) electrons. The number of aliphatic hydroxyl groups is 1. The largest absolute Gasteiger partial charge is 0.507 e. The summed E-state index contributed by atoms with van der Waals surface area (Å²) in [6, 6.07) is 22.1. The molecule has 1 amide bonds.